The minimum atomic E-state index is -0.792. The maximum Gasteiger partial charge on any atom is 0.167 e. The molecule has 29 heavy (non-hydrogen) atoms. The second kappa shape index (κ2) is 8.32. The molecule has 1 aliphatic carbocycles. The van der Waals surface area contributed by atoms with Crippen LogP contribution in [0.25, 0.3) is 27.8 Å². The van der Waals surface area contributed by atoms with Crippen LogP contribution < -0.4 is 0 Å². The number of halogens is 2. The smallest absolute Gasteiger partial charge is 0.167 e. The zero-order valence-corrected chi connectivity index (χ0v) is 17.0. The largest absolute Gasteiger partial charge is 0.203 e. The molecule has 0 saturated heterocycles. The van der Waals surface area contributed by atoms with Gasteiger partial charge in [0.05, 0.1) is 0 Å². The number of aryl methyl sites for hydroxylation is 1. The maximum absolute atomic E-state index is 14.9. The molecule has 1 aliphatic rings. The molecule has 0 fully saturated rings. The summed E-state index contributed by atoms with van der Waals surface area (Å²) in [5, 5.41) is 0. The summed E-state index contributed by atoms with van der Waals surface area (Å²) in [5.74, 6) is -0.841. The zero-order chi connectivity index (χ0) is 20.4. The Morgan fingerprint density at radius 1 is 0.759 bits per heavy atom. The Hall–Kier alpha value is -2.74. The van der Waals surface area contributed by atoms with Crippen LogP contribution >= 0.6 is 0 Å². The average Bonchev–Trinajstić information content (AvgIpc) is 2.76. The van der Waals surface area contributed by atoms with E-state index in [9.17, 15) is 8.78 Å². The van der Waals surface area contributed by atoms with Crippen LogP contribution in [0, 0.1) is 17.6 Å². The van der Waals surface area contributed by atoms with Gasteiger partial charge in [0.25, 0.3) is 0 Å². The van der Waals surface area contributed by atoms with Crippen molar-refractivity contribution in [2.24, 2.45) is 5.92 Å². The fraction of sp³-hybridized carbons (Fsp3) is 0.259. The van der Waals surface area contributed by atoms with Crippen molar-refractivity contribution in [3.05, 3.63) is 89.5 Å². The van der Waals surface area contributed by atoms with Gasteiger partial charge < -0.3 is 0 Å². The van der Waals surface area contributed by atoms with Crippen LogP contribution in [0.2, 0.25) is 0 Å². The van der Waals surface area contributed by atoms with Gasteiger partial charge in [0.15, 0.2) is 11.6 Å². The molecule has 0 nitrogen and oxygen atoms in total. The summed E-state index contributed by atoms with van der Waals surface area (Å²) < 4.78 is 29.7. The van der Waals surface area contributed by atoms with Crippen molar-refractivity contribution in [2.75, 3.05) is 0 Å². The lowest BCUT2D eigenvalue weighted by atomic mass is 9.87. The topological polar surface area (TPSA) is 0 Å². The second-order valence-corrected chi connectivity index (χ2v) is 8.03. The molecule has 3 aromatic carbocycles. The summed E-state index contributed by atoms with van der Waals surface area (Å²) in [6.07, 6.45) is 6.62. The Balaban J connectivity index is 1.63. The molecule has 3 aromatic rings. The van der Waals surface area contributed by atoms with Crippen LogP contribution in [0.1, 0.15) is 44.2 Å². The van der Waals surface area contributed by atoms with E-state index < -0.39 is 11.6 Å². The van der Waals surface area contributed by atoms with Gasteiger partial charge in [0.1, 0.15) is 0 Å². The molecule has 0 heterocycles. The van der Waals surface area contributed by atoms with Crippen molar-refractivity contribution < 1.29 is 8.78 Å². The molecule has 2 heteroatoms. The van der Waals surface area contributed by atoms with E-state index in [-0.39, 0.29) is 0 Å². The highest BCUT2D eigenvalue weighted by molar-refractivity contribution is 5.74. The fourth-order valence-electron chi connectivity index (χ4n) is 4.01. The first kappa shape index (κ1) is 19.6. The second-order valence-electron chi connectivity index (χ2n) is 8.03. The summed E-state index contributed by atoms with van der Waals surface area (Å²) in [6.45, 7) is 4.34. The monoisotopic (exact) mass is 388 g/mol. The number of hydrogen-bond acceptors (Lipinski definition) is 0. The average molecular weight is 389 g/mol. The van der Waals surface area contributed by atoms with E-state index in [1.807, 2.05) is 48.5 Å². The molecule has 1 atom stereocenters. The highest BCUT2D eigenvalue weighted by Crippen LogP contribution is 2.34. The quantitative estimate of drug-likeness (QED) is 0.424. The van der Waals surface area contributed by atoms with Gasteiger partial charge in [-0.1, -0.05) is 80.6 Å². The molecule has 148 valence electrons. The van der Waals surface area contributed by atoms with Gasteiger partial charge in [-0.15, -0.1) is 0 Å². The van der Waals surface area contributed by atoms with E-state index in [4.69, 9.17) is 0 Å². The first-order valence-corrected chi connectivity index (χ1v) is 10.4. The molecule has 0 spiro atoms. The van der Waals surface area contributed by atoms with Crippen LogP contribution in [0.4, 0.5) is 8.78 Å². The number of allylic oxidation sites excluding steroid dienone is 2. The normalized spacial score (nSPS) is 16.6. The van der Waals surface area contributed by atoms with Gasteiger partial charge in [-0.3, -0.25) is 0 Å². The van der Waals surface area contributed by atoms with Crippen molar-refractivity contribution >= 4 is 5.57 Å². The third-order valence-electron chi connectivity index (χ3n) is 6.00. The van der Waals surface area contributed by atoms with Crippen LogP contribution in [0.5, 0.6) is 0 Å². The van der Waals surface area contributed by atoms with Crippen molar-refractivity contribution in [3.63, 3.8) is 0 Å². The standard InChI is InChI=1S/C27H26F2/c1-3-19-6-10-22(11-7-19)24-16-17-25(27(29)26(24)28)23-14-12-21(13-15-23)20-8-4-18(2)5-9-20/h6-8,10-18H,3-5,9H2,1-2H3. The van der Waals surface area contributed by atoms with E-state index in [0.717, 1.165) is 25.2 Å². The van der Waals surface area contributed by atoms with Gasteiger partial charge in [-0.2, -0.15) is 0 Å². The Morgan fingerprint density at radius 3 is 1.76 bits per heavy atom. The molecule has 4 rings (SSSR count). The third-order valence-corrected chi connectivity index (χ3v) is 6.00. The first-order valence-electron chi connectivity index (χ1n) is 10.4. The van der Waals surface area contributed by atoms with Crippen LogP contribution in [0.3, 0.4) is 0 Å². The number of benzene rings is 3. The lowest BCUT2D eigenvalue weighted by Gasteiger charge is -2.18. The van der Waals surface area contributed by atoms with Gasteiger partial charge >= 0.3 is 0 Å². The lowest BCUT2D eigenvalue weighted by molar-refractivity contribution is 0.514. The minimum Gasteiger partial charge on any atom is -0.203 e. The fourth-order valence-corrected chi connectivity index (χ4v) is 4.01. The Labute approximate surface area is 171 Å². The predicted octanol–water partition coefficient (Wildman–Crippen LogP) is 8.06. The van der Waals surface area contributed by atoms with Crippen LogP contribution in [-0.2, 0) is 6.42 Å². The molecule has 0 aromatic heterocycles. The predicted molar refractivity (Wildman–Crippen MR) is 118 cm³/mol. The molecular weight excluding hydrogens is 362 g/mol. The van der Waals surface area contributed by atoms with Crippen LogP contribution in [-0.4, -0.2) is 0 Å². The Bertz CT molecular complexity index is 1030. The zero-order valence-electron chi connectivity index (χ0n) is 17.0. The Kier molecular flexibility index (Phi) is 5.62. The molecule has 1 unspecified atom stereocenters. The highest BCUT2D eigenvalue weighted by Gasteiger charge is 2.17. The lowest BCUT2D eigenvalue weighted by Crippen LogP contribution is -2.01. The molecule has 0 N–H and O–H groups in total. The SMILES string of the molecule is CCc1ccc(-c2ccc(-c3ccc(C4=CCC(C)CC4)cc3)c(F)c2F)cc1. The van der Waals surface area contributed by atoms with E-state index in [1.54, 1.807) is 12.1 Å². The summed E-state index contributed by atoms with van der Waals surface area (Å²) in [5.41, 5.74) is 5.69. The highest BCUT2D eigenvalue weighted by atomic mass is 19.2. The molecular formula is C27H26F2. The summed E-state index contributed by atoms with van der Waals surface area (Å²) >= 11 is 0. The van der Waals surface area contributed by atoms with Gasteiger partial charge in [-0.25, -0.2) is 8.78 Å². The van der Waals surface area contributed by atoms with E-state index in [2.05, 4.69) is 19.9 Å². The van der Waals surface area contributed by atoms with Crippen molar-refractivity contribution in [1.29, 1.82) is 0 Å². The maximum atomic E-state index is 14.9. The minimum absolute atomic E-state index is 0.298. The van der Waals surface area contributed by atoms with Gasteiger partial charge in [0, 0.05) is 11.1 Å². The molecule has 0 amide bonds. The molecule has 0 saturated carbocycles. The van der Waals surface area contributed by atoms with Gasteiger partial charge in [-0.05, 0) is 59.4 Å². The summed E-state index contributed by atoms with van der Waals surface area (Å²) in [4.78, 5) is 0. The Morgan fingerprint density at radius 2 is 1.28 bits per heavy atom. The third kappa shape index (κ3) is 4.03. The first-order chi connectivity index (χ1) is 14.1. The molecule has 0 radical (unpaired) electrons. The molecule has 0 bridgehead atoms. The van der Waals surface area contributed by atoms with Crippen molar-refractivity contribution in [1.82, 2.24) is 0 Å². The van der Waals surface area contributed by atoms with Crippen LogP contribution in [0.15, 0.2) is 66.7 Å². The number of hydrogen-bond donors (Lipinski definition) is 0. The van der Waals surface area contributed by atoms with E-state index in [1.165, 1.54) is 23.1 Å². The molecule has 0 aliphatic heterocycles. The van der Waals surface area contributed by atoms with Gasteiger partial charge in [0.2, 0.25) is 0 Å². The van der Waals surface area contributed by atoms with E-state index in [0.29, 0.717) is 22.3 Å². The summed E-state index contributed by atoms with van der Waals surface area (Å²) in [7, 11) is 0. The summed E-state index contributed by atoms with van der Waals surface area (Å²) in [6, 6.07) is 18.8. The number of rotatable bonds is 4. The van der Waals surface area contributed by atoms with E-state index >= 15 is 0 Å². The van der Waals surface area contributed by atoms with Crippen molar-refractivity contribution in [2.45, 2.75) is 39.5 Å². The van der Waals surface area contributed by atoms with Crippen molar-refractivity contribution in [3.8, 4) is 22.3 Å².